The molecule has 1 rings (SSSR count). The Hall–Kier alpha value is -0.460. The molecule has 0 fully saturated rings. The number of hydrogen-bond acceptors (Lipinski definition) is 1. The van der Waals surface area contributed by atoms with Crippen LogP contribution in [0.3, 0.4) is 0 Å². The summed E-state index contributed by atoms with van der Waals surface area (Å²) in [6.45, 7) is 0. The van der Waals surface area contributed by atoms with Crippen LogP contribution in [-0.4, -0.2) is 6.36 Å². The van der Waals surface area contributed by atoms with E-state index in [4.69, 9.17) is 0 Å². The van der Waals surface area contributed by atoms with Gasteiger partial charge in [0.15, 0.2) is 0 Å². The highest BCUT2D eigenvalue weighted by atomic mass is 127. The molecule has 0 radical (unpaired) electrons. The molecular weight excluding hydrogens is 296 g/mol. The van der Waals surface area contributed by atoms with Gasteiger partial charge in [-0.3, -0.25) is 0 Å². The molecule has 0 N–H and O–H groups in total. The second kappa shape index (κ2) is 4.17. The number of hydrogen-bond donors (Lipinski definition) is 0. The predicted molar refractivity (Wildman–Crippen MR) is 50.8 cm³/mol. The van der Waals surface area contributed by atoms with E-state index in [0.717, 1.165) is 9.99 Å². The number of ether oxygens (including phenoxy) is 1. The second-order valence-electron chi connectivity index (χ2n) is 2.33. The molecule has 0 saturated carbocycles. The molecule has 0 heterocycles. The molecule has 13 heavy (non-hydrogen) atoms. The van der Waals surface area contributed by atoms with E-state index in [9.17, 15) is 13.2 Å². The van der Waals surface area contributed by atoms with Crippen LogP contribution in [0.4, 0.5) is 13.2 Å². The van der Waals surface area contributed by atoms with E-state index in [-0.39, 0.29) is 5.75 Å². The molecule has 0 aromatic heterocycles. The zero-order chi connectivity index (χ0) is 9.90. The van der Waals surface area contributed by atoms with Gasteiger partial charge in [0.05, 0.1) is 0 Å². The molecule has 0 aliphatic heterocycles. The fourth-order valence-corrected chi connectivity index (χ4v) is 1.29. The Morgan fingerprint density at radius 1 is 1.15 bits per heavy atom. The van der Waals surface area contributed by atoms with E-state index in [1.54, 1.807) is 12.1 Å². The summed E-state index contributed by atoms with van der Waals surface area (Å²) in [6.07, 6.45) is -4.61. The fraction of sp³-hybridized carbons (Fsp3) is 0.250. The molecule has 0 amide bonds. The van der Waals surface area contributed by atoms with Gasteiger partial charge in [-0.05, 0) is 17.7 Å². The third-order valence-corrected chi connectivity index (χ3v) is 2.19. The first-order chi connectivity index (χ1) is 6.01. The summed E-state index contributed by atoms with van der Waals surface area (Å²) in [5, 5.41) is 0. The van der Waals surface area contributed by atoms with Crippen LogP contribution in [0.15, 0.2) is 24.3 Å². The summed E-state index contributed by atoms with van der Waals surface area (Å²) in [7, 11) is 0. The molecular formula is C8H6F3IO. The van der Waals surface area contributed by atoms with E-state index in [2.05, 4.69) is 27.3 Å². The Morgan fingerprint density at radius 2 is 1.69 bits per heavy atom. The number of benzene rings is 1. The van der Waals surface area contributed by atoms with Crippen LogP contribution in [0.2, 0.25) is 0 Å². The largest absolute Gasteiger partial charge is 0.573 e. The molecule has 72 valence electrons. The minimum absolute atomic E-state index is 0.180. The van der Waals surface area contributed by atoms with E-state index >= 15 is 0 Å². The van der Waals surface area contributed by atoms with Crippen molar-refractivity contribution in [1.82, 2.24) is 0 Å². The molecule has 0 spiro atoms. The van der Waals surface area contributed by atoms with Crippen molar-refractivity contribution < 1.29 is 17.9 Å². The predicted octanol–water partition coefficient (Wildman–Crippen LogP) is 3.52. The lowest BCUT2D eigenvalue weighted by Crippen LogP contribution is -2.16. The van der Waals surface area contributed by atoms with Gasteiger partial charge in [0.25, 0.3) is 0 Å². The van der Waals surface area contributed by atoms with E-state index in [1.165, 1.54) is 12.1 Å². The first-order valence-electron chi connectivity index (χ1n) is 3.42. The quantitative estimate of drug-likeness (QED) is 0.600. The van der Waals surface area contributed by atoms with Crippen molar-refractivity contribution in [2.45, 2.75) is 10.8 Å². The van der Waals surface area contributed by atoms with Crippen molar-refractivity contribution in [3.8, 4) is 5.75 Å². The van der Waals surface area contributed by atoms with Crippen LogP contribution in [0.1, 0.15) is 5.56 Å². The first kappa shape index (κ1) is 10.6. The monoisotopic (exact) mass is 302 g/mol. The van der Waals surface area contributed by atoms with Crippen molar-refractivity contribution in [2.75, 3.05) is 0 Å². The lowest BCUT2D eigenvalue weighted by Gasteiger charge is -2.08. The summed E-state index contributed by atoms with van der Waals surface area (Å²) in [6, 6.07) is 5.82. The Bertz CT molecular complexity index is 268. The summed E-state index contributed by atoms with van der Waals surface area (Å²) in [4.78, 5) is 0. The Balaban J connectivity index is 2.70. The lowest BCUT2D eigenvalue weighted by atomic mass is 10.2. The van der Waals surface area contributed by atoms with Gasteiger partial charge in [0, 0.05) is 4.43 Å². The van der Waals surface area contributed by atoms with E-state index < -0.39 is 6.36 Å². The summed E-state index contributed by atoms with van der Waals surface area (Å²) in [5.74, 6) is -0.180. The molecule has 0 aliphatic carbocycles. The van der Waals surface area contributed by atoms with Gasteiger partial charge < -0.3 is 4.74 Å². The third-order valence-electron chi connectivity index (χ3n) is 1.31. The maximum Gasteiger partial charge on any atom is 0.573 e. The maximum absolute atomic E-state index is 11.7. The summed E-state index contributed by atoms with van der Waals surface area (Å²) >= 11 is 2.13. The number of alkyl halides is 4. The van der Waals surface area contributed by atoms with E-state index in [0.29, 0.717) is 0 Å². The minimum atomic E-state index is -4.61. The third kappa shape index (κ3) is 3.84. The smallest absolute Gasteiger partial charge is 0.406 e. The Morgan fingerprint density at radius 3 is 2.08 bits per heavy atom. The highest BCUT2D eigenvalue weighted by Gasteiger charge is 2.30. The lowest BCUT2D eigenvalue weighted by molar-refractivity contribution is -0.274. The van der Waals surface area contributed by atoms with Crippen LogP contribution < -0.4 is 4.74 Å². The van der Waals surface area contributed by atoms with Crippen molar-refractivity contribution in [3.05, 3.63) is 29.8 Å². The molecule has 0 atom stereocenters. The van der Waals surface area contributed by atoms with Gasteiger partial charge in [0.1, 0.15) is 5.75 Å². The van der Waals surface area contributed by atoms with Gasteiger partial charge >= 0.3 is 6.36 Å². The summed E-state index contributed by atoms with van der Waals surface area (Å²) < 4.78 is 39.6. The SMILES string of the molecule is FC(F)(F)Oc1ccc(CI)cc1. The van der Waals surface area contributed by atoms with Crippen LogP contribution in [0.5, 0.6) is 5.75 Å². The van der Waals surface area contributed by atoms with Gasteiger partial charge in [-0.1, -0.05) is 34.7 Å². The highest BCUT2D eigenvalue weighted by molar-refractivity contribution is 14.1. The zero-order valence-corrected chi connectivity index (χ0v) is 8.59. The second-order valence-corrected chi connectivity index (χ2v) is 3.09. The molecule has 5 heteroatoms. The molecule has 1 nitrogen and oxygen atoms in total. The molecule has 0 aliphatic rings. The molecule has 0 unspecified atom stereocenters. The van der Waals surface area contributed by atoms with Crippen molar-refractivity contribution in [3.63, 3.8) is 0 Å². The molecule has 1 aromatic carbocycles. The van der Waals surface area contributed by atoms with Crippen molar-refractivity contribution >= 4 is 22.6 Å². The average molecular weight is 302 g/mol. The van der Waals surface area contributed by atoms with Crippen LogP contribution in [-0.2, 0) is 4.43 Å². The first-order valence-corrected chi connectivity index (χ1v) is 4.94. The standard InChI is InChI=1S/C8H6F3IO/c9-8(10,11)13-7-3-1-6(5-12)2-4-7/h1-4H,5H2. The van der Waals surface area contributed by atoms with Crippen molar-refractivity contribution in [1.29, 1.82) is 0 Å². The van der Waals surface area contributed by atoms with Crippen LogP contribution >= 0.6 is 22.6 Å². The van der Waals surface area contributed by atoms with Gasteiger partial charge in [-0.2, -0.15) is 0 Å². The molecule has 1 aromatic rings. The fourth-order valence-electron chi connectivity index (χ4n) is 0.780. The molecule has 0 bridgehead atoms. The summed E-state index contributed by atoms with van der Waals surface area (Å²) in [5.41, 5.74) is 0.968. The van der Waals surface area contributed by atoms with Gasteiger partial charge in [-0.15, -0.1) is 13.2 Å². The Kier molecular flexibility index (Phi) is 3.40. The Labute approximate surface area is 87.0 Å². The van der Waals surface area contributed by atoms with Gasteiger partial charge in [-0.25, -0.2) is 0 Å². The number of halogens is 4. The average Bonchev–Trinajstić information content (AvgIpc) is 2.03. The van der Waals surface area contributed by atoms with Crippen molar-refractivity contribution in [2.24, 2.45) is 0 Å². The van der Waals surface area contributed by atoms with Crippen LogP contribution in [0.25, 0.3) is 0 Å². The zero-order valence-electron chi connectivity index (χ0n) is 6.44. The van der Waals surface area contributed by atoms with Gasteiger partial charge in [0.2, 0.25) is 0 Å². The highest BCUT2D eigenvalue weighted by Crippen LogP contribution is 2.23. The topological polar surface area (TPSA) is 9.23 Å². The maximum atomic E-state index is 11.7. The molecule has 0 saturated heterocycles. The van der Waals surface area contributed by atoms with Crippen LogP contribution in [0, 0.1) is 0 Å². The minimum Gasteiger partial charge on any atom is -0.406 e. The number of rotatable bonds is 2. The van der Waals surface area contributed by atoms with E-state index in [1.807, 2.05) is 0 Å². The normalized spacial score (nSPS) is 11.4.